The number of carboxylic acid groups (broad SMARTS) is 1. The molecular weight excluding hydrogens is 318 g/mol. The number of hydrogen-bond donors (Lipinski definition) is 1. The van der Waals surface area contributed by atoms with Crippen LogP contribution in [-0.4, -0.2) is 50.1 Å². The molecule has 1 rings (SSSR count). The molecule has 0 saturated carbocycles. The number of nitrogens with zero attached hydrogens (tertiary/aromatic N) is 1. The van der Waals surface area contributed by atoms with Crippen LogP contribution in [0.25, 0.3) is 0 Å². The van der Waals surface area contributed by atoms with Gasteiger partial charge >= 0.3 is 5.97 Å². The van der Waals surface area contributed by atoms with E-state index < -0.39 is 27.6 Å². The number of hydrogen-bond acceptors (Lipinski definition) is 4. The van der Waals surface area contributed by atoms with Gasteiger partial charge in [0.15, 0.2) is 9.84 Å². The number of amides is 1. The van der Waals surface area contributed by atoms with Crippen LogP contribution in [0.4, 0.5) is 0 Å². The van der Waals surface area contributed by atoms with Crippen LogP contribution in [0.2, 0.25) is 5.02 Å². The van der Waals surface area contributed by atoms with E-state index in [1.165, 1.54) is 37.1 Å². The van der Waals surface area contributed by atoms with Crippen molar-refractivity contribution in [3.05, 3.63) is 28.8 Å². The van der Waals surface area contributed by atoms with Crippen LogP contribution in [0.15, 0.2) is 23.1 Å². The highest BCUT2D eigenvalue weighted by Crippen LogP contribution is 2.23. The summed E-state index contributed by atoms with van der Waals surface area (Å²) in [5, 5.41) is 8.87. The van der Waals surface area contributed by atoms with Gasteiger partial charge in [0.1, 0.15) is 0 Å². The number of carboxylic acids is 1. The van der Waals surface area contributed by atoms with Gasteiger partial charge in [-0.3, -0.25) is 9.59 Å². The first kappa shape index (κ1) is 17.5. The number of sulfone groups is 1. The molecule has 6 nitrogen and oxygen atoms in total. The molecule has 0 saturated heterocycles. The van der Waals surface area contributed by atoms with Crippen molar-refractivity contribution in [2.24, 2.45) is 5.92 Å². The SMILES string of the molecule is CC(CN(C)C(=O)c1ccc(Cl)c(S(C)(=O)=O)c1)C(=O)O. The summed E-state index contributed by atoms with van der Waals surface area (Å²) in [6.45, 7) is 1.50. The largest absolute Gasteiger partial charge is 0.481 e. The number of benzene rings is 1. The number of aliphatic carboxylic acids is 1. The maximum absolute atomic E-state index is 12.2. The van der Waals surface area contributed by atoms with Crippen LogP contribution in [0.3, 0.4) is 0 Å². The lowest BCUT2D eigenvalue weighted by molar-refractivity contribution is -0.141. The van der Waals surface area contributed by atoms with Gasteiger partial charge in [0.05, 0.1) is 15.8 Å². The van der Waals surface area contributed by atoms with Crippen molar-refractivity contribution < 1.29 is 23.1 Å². The Morgan fingerprint density at radius 3 is 2.43 bits per heavy atom. The molecule has 1 atom stereocenters. The number of carbonyl (C=O) groups is 2. The Hall–Kier alpha value is -1.60. The molecule has 1 aromatic rings. The molecule has 1 aromatic carbocycles. The Morgan fingerprint density at radius 1 is 1.38 bits per heavy atom. The van der Waals surface area contributed by atoms with E-state index in [1.54, 1.807) is 0 Å². The Labute approximate surface area is 128 Å². The van der Waals surface area contributed by atoms with Gasteiger partial charge in [0.25, 0.3) is 5.91 Å². The molecule has 0 aliphatic rings. The molecule has 1 N–H and O–H groups in total. The highest BCUT2D eigenvalue weighted by molar-refractivity contribution is 7.90. The molecule has 8 heteroatoms. The number of carbonyl (C=O) groups excluding carboxylic acids is 1. The molecule has 0 fully saturated rings. The fourth-order valence-electron chi connectivity index (χ4n) is 1.71. The summed E-state index contributed by atoms with van der Waals surface area (Å²) in [6.07, 6.45) is 0.999. The average molecular weight is 334 g/mol. The van der Waals surface area contributed by atoms with Crippen LogP contribution in [0.5, 0.6) is 0 Å². The van der Waals surface area contributed by atoms with Gasteiger partial charge < -0.3 is 10.0 Å². The molecule has 0 heterocycles. The smallest absolute Gasteiger partial charge is 0.308 e. The summed E-state index contributed by atoms with van der Waals surface area (Å²) >= 11 is 5.81. The van der Waals surface area contributed by atoms with Gasteiger partial charge in [-0.1, -0.05) is 18.5 Å². The monoisotopic (exact) mass is 333 g/mol. The van der Waals surface area contributed by atoms with Crippen molar-refractivity contribution in [2.45, 2.75) is 11.8 Å². The molecule has 21 heavy (non-hydrogen) atoms. The van der Waals surface area contributed by atoms with Crippen LogP contribution in [0, 0.1) is 5.92 Å². The lowest BCUT2D eigenvalue weighted by atomic mass is 10.1. The van der Waals surface area contributed by atoms with Crippen molar-refractivity contribution in [1.29, 1.82) is 0 Å². The van der Waals surface area contributed by atoms with Crippen molar-refractivity contribution >= 4 is 33.3 Å². The summed E-state index contributed by atoms with van der Waals surface area (Å²) in [5.74, 6) is -2.20. The van der Waals surface area contributed by atoms with Crippen LogP contribution in [-0.2, 0) is 14.6 Å². The van der Waals surface area contributed by atoms with Gasteiger partial charge in [-0.2, -0.15) is 0 Å². The van der Waals surface area contributed by atoms with E-state index in [0.717, 1.165) is 6.26 Å². The molecule has 0 aliphatic carbocycles. The minimum Gasteiger partial charge on any atom is -0.481 e. The molecule has 1 amide bonds. The Kier molecular flexibility index (Phi) is 5.36. The lowest BCUT2D eigenvalue weighted by Gasteiger charge is -2.19. The topological polar surface area (TPSA) is 91.8 Å². The van der Waals surface area contributed by atoms with E-state index in [-0.39, 0.29) is 22.0 Å². The first-order chi connectivity index (χ1) is 9.54. The zero-order valence-electron chi connectivity index (χ0n) is 11.8. The summed E-state index contributed by atoms with van der Waals surface area (Å²) in [7, 11) is -2.09. The van der Waals surface area contributed by atoms with E-state index >= 15 is 0 Å². The first-order valence-electron chi connectivity index (χ1n) is 6.02. The van der Waals surface area contributed by atoms with Gasteiger partial charge in [0, 0.05) is 25.4 Å². The maximum atomic E-state index is 12.2. The minimum atomic E-state index is -3.55. The quantitative estimate of drug-likeness (QED) is 0.882. The highest BCUT2D eigenvalue weighted by Gasteiger charge is 2.21. The maximum Gasteiger partial charge on any atom is 0.308 e. The molecule has 0 aliphatic heterocycles. The first-order valence-corrected chi connectivity index (χ1v) is 8.29. The lowest BCUT2D eigenvalue weighted by Crippen LogP contribution is -2.33. The summed E-state index contributed by atoms with van der Waals surface area (Å²) in [4.78, 5) is 24.1. The second kappa shape index (κ2) is 6.44. The van der Waals surface area contributed by atoms with Crippen LogP contribution >= 0.6 is 11.6 Å². The van der Waals surface area contributed by atoms with E-state index in [4.69, 9.17) is 16.7 Å². The van der Waals surface area contributed by atoms with Gasteiger partial charge in [-0.25, -0.2) is 8.42 Å². The second-order valence-electron chi connectivity index (χ2n) is 4.84. The average Bonchev–Trinajstić information content (AvgIpc) is 2.36. The fraction of sp³-hybridized carbons (Fsp3) is 0.385. The van der Waals surface area contributed by atoms with Gasteiger partial charge in [-0.05, 0) is 18.2 Å². The van der Waals surface area contributed by atoms with Crippen LogP contribution in [0.1, 0.15) is 17.3 Å². The summed E-state index contributed by atoms with van der Waals surface area (Å²) in [5.41, 5.74) is 0.139. The van der Waals surface area contributed by atoms with E-state index in [1.807, 2.05) is 0 Å². The minimum absolute atomic E-state index is 0.0189. The summed E-state index contributed by atoms with van der Waals surface area (Å²) < 4.78 is 23.2. The highest BCUT2D eigenvalue weighted by atomic mass is 35.5. The molecule has 0 bridgehead atoms. The third kappa shape index (κ3) is 4.44. The molecule has 0 radical (unpaired) electrons. The molecule has 0 aromatic heterocycles. The third-order valence-electron chi connectivity index (χ3n) is 2.89. The van der Waals surface area contributed by atoms with Gasteiger partial charge in [-0.15, -0.1) is 0 Å². The predicted molar refractivity (Wildman–Crippen MR) is 78.3 cm³/mol. The van der Waals surface area contributed by atoms with Gasteiger partial charge in [0.2, 0.25) is 0 Å². The normalized spacial score (nSPS) is 12.8. The van der Waals surface area contributed by atoms with Crippen molar-refractivity contribution in [3.63, 3.8) is 0 Å². The fourth-order valence-corrected chi connectivity index (χ4v) is 3.01. The van der Waals surface area contributed by atoms with Crippen molar-refractivity contribution in [2.75, 3.05) is 19.8 Å². The van der Waals surface area contributed by atoms with Crippen LogP contribution < -0.4 is 0 Å². The Balaban J connectivity index is 3.06. The zero-order chi connectivity index (χ0) is 16.4. The molecular formula is C13H16ClNO5S. The predicted octanol–water partition coefficient (Wildman–Crippen LogP) is 1.54. The van der Waals surface area contributed by atoms with Crippen molar-refractivity contribution in [1.82, 2.24) is 4.90 Å². The Bertz CT molecular complexity index is 671. The summed E-state index contributed by atoms with van der Waals surface area (Å²) in [6, 6.07) is 3.93. The Morgan fingerprint density at radius 2 is 1.95 bits per heavy atom. The molecule has 0 spiro atoms. The van der Waals surface area contributed by atoms with Crippen molar-refractivity contribution in [3.8, 4) is 0 Å². The zero-order valence-corrected chi connectivity index (χ0v) is 13.4. The number of rotatable bonds is 5. The molecule has 1 unspecified atom stereocenters. The third-order valence-corrected chi connectivity index (χ3v) is 4.47. The second-order valence-corrected chi connectivity index (χ2v) is 7.23. The van der Waals surface area contributed by atoms with E-state index in [9.17, 15) is 18.0 Å². The standard InChI is InChI=1S/C13H16ClNO5S/c1-8(13(17)18)7-15(2)12(16)9-4-5-10(14)11(6-9)21(3,19)20/h4-6,8H,7H2,1-3H3,(H,17,18). The van der Waals surface area contributed by atoms with E-state index in [0.29, 0.717) is 0 Å². The molecule has 116 valence electrons. The van der Waals surface area contributed by atoms with E-state index in [2.05, 4.69) is 0 Å². The number of halogens is 1.